The van der Waals surface area contributed by atoms with Crippen LogP contribution in [-0.4, -0.2) is 156 Å². The van der Waals surface area contributed by atoms with Crippen LogP contribution in [0.25, 0.3) is 0 Å². The third-order valence-corrected chi connectivity index (χ3v) is 19.4. The number of halogens is 4. The fourth-order valence-corrected chi connectivity index (χ4v) is 11.6. The Labute approximate surface area is 831 Å². The highest BCUT2D eigenvalue weighted by Crippen LogP contribution is 2.37. The van der Waals surface area contributed by atoms with Crippen LogP contribution in [0.15, 0.2) is 218 Å². The van der Waals surface area contributed by atoms with Crippen molar-refractivity contribution >= 4 is 125 Å². The van der Waals surface area contributed by atoms with Crippen LogP contribution in [0.5, 0.6) is 57.5 Å². The maximum absolute atomic E-state index is 12.4. The largest absolute Gasteiger partial charge is 0.508 e. The molecular weight excluding hydrogens is 2100 g/mol. The van der Waals surface area contributed by atoms with Crippen molar-refractivity contribution in [2.75, 3.05) is 60.5 Å². The van der Waals surface area contributed by atoms with Crippen LogP contribution in [0.1, 0.15) is 159 Å². The molecule has 0 unspecified atom stereocenters. The molecule has 0 aromatic heterocycles. The molecule has 0 saturated carbocycles. The molecule has 718 valence electrons. The van der Waals surface area contributed by atoms with Crippen molar-refractivity contribution in [1.29, 1.82) is 0 Å². The number of phenols is 6. The molecule has 0 aliphatic heterocycles. The molecule has 0 aliphatic rings. The van der Waals surface area contributed by atoms with E-state index in [0.717, 1.165) is 37.2 Å². The molecule has 10 rings (SSSR count). The van der Waals surface area contributed by atoms with E-state index in [1.54, 1.807) is 109 Å². The minimum absolute atomic E-state index is 0.0456. The zero-order valence-electron chi connectivity index (χ0n) is 77.1. The van der Waals surface area contributed by atoms with Crippen molar-refractivity contribution in [1.82, 2.24) is 16.0 Å². The van der Waals surface area contributed by atoms with Gasteiger partial charge in [-0.1, -0.05) is 207 Å². The van der Waals surface area contributed by atoms with Crippen LogP contribution in [0.2, 0.25) is 0 Å². The van der Waals surface area contributed by atoms with E-state index in [2.05, 4.69) is 120 Å². The Balaban J connectivity index is 0.000000426. The first-order valence-corrected chi connectivity index (χ1v) is 45.3. The number of alkyl halides is 2. The number of ether oxygens (including phenoxy) is 12. The topological polar surface area (TPSA) is 405 Å². The Hall–Kier alpha value is -13.5. The van der Waals surface area contributed by atoms with Crippen molar-refractivity contribution in [3.8, 4) is 94.0 Å². The molecule has 10 aromatic carbocycles. The molecule has 135 heavy (non-hydrogen) atoms. The summed E-state index contributed by atoms with van der Waals surface area (Å²) in [5.74, 6) is 8.68. The zero-order chi connectivity index (χ0) is 101. The summed E-state index contributed by atoms with van der Waals surface area (Å²) in [5, 5.41) is 65.4. The first-order chi connectivity index (χ1) is 64.0. The number of carbonyl (C=O) groups is 8. The predicted octanol–water partition coefficient (Wildman–Crippen LogP) is 20.2. The van der Waals surface area contributed by atoms with Crippen molar-refractivity contribution < 1.29 is 126 Å². The van der Waals surface area contributed by atoms with Gasteiger partial charge in [-0.2, -0.15) is 0 Å². The van der Waals surface area contributed by atoms with Gasteiger partial charge in [0.1, 0.15) is 106 Å². The van der Waals surface area contributed by atoms with Crippen molar-refractivity contribution in [3.63, 3.8) is 0 Å². The smallest absolute Gasteiger partial charge is 0.408 e. The number of alkyl carbamates (subject to hydrolysis) is 3. The standard InChI is InChI=1S/C30H31NO6.C22H19IO4.C16H23NO6.C8H7IO4.C8H13NO2.C8H8O4.C7H7Br.C3H3Br/c1-30(2,3)37-29(33)31-17-11-16-25-26(35-20-22-12-7-5-8-13-22)18-24(28(32)34-4)19-27(25)36-21-23-14-9-6-10-15-23;1-25-22(24)18-12-19(26-14-16-8-4-2-5-9-16)21(23)20(13-18)27-15-17-10-6-3-7-11-17;1-16(2,3)23-15(21)17-7-5-6-11-12(18)8-10(9-13(11)19)14(20)22-4;1-13-8(12)4-2-5(10)7(9)6(11)3-4;1-5-6-9-7(10)11-8(2,3)4;1-12-8(11)5-2-6(9)4-7(10)3-5;8-6-7-4-2-1-3-5-7;1-2-3-4/h5-10,12-15,18-19H,17,20-21H2,1-4H3,(H,31,33);2-13H,14-15H2,1H3;8-9,18-19H,5-7H2,1-4H3,(H,17,21);2-3,10-11H,1H3;1H,6H2,2-4H3,(H,9,10);2-4,9-10H,1H3;1-5H,6H2;1H,3H2. The molecule has 0 atom stereocenters. The van der Waals surface area contributed by atoms with Crippen LogP contribution in [0, 0.1) is 43.7 Å². The van der Waals surface area contributed by atoms with Gasteiger partial charge < -0.3 is 103 Å². The number of hydrogen-bond acceptors (Lipinski definition) is 26. The second-order valence-electron chi connectivity index (χ2n) is 30.5. The summed E-state index contributed by atoms with van der Waals surface area (Å²) in [5.41, 5.74) is 5.41. The number of phenolic OH excluding ortho intramolecular Hbond substituents is 6. The molecule has 29 nitrogen and oxygen atoms in total. The number of benzene rings is 10. The molecule has 9 N–H and O–H groups in total. The molecule has 0 heterocycles. The van der Waals surface area contributed by atoms with E-state index in [-0.39, 0.29) is 83.1 Å². The van der Waals surface area contributed by atoms with Gasteiger partial charge in [-0.3, -0.25) is 0 Å². The van der Waals surface area contributed by atoms with E-state index in [4.69, 9.17) is 65.7 Å². The van der Waals surface area contributed by atoms with E-state index in [9.17, 15) is 58.8 Å². The van der Waals surface area contributed by atoms with Crippen LogP contribution in [0.4, 0.5) is 14.4 Å². The Bertz CT molecular complexity index is 5380. The quantitative estimate of drug-likeness (QED) is 0.00677. The van der Waals surface area contributed by atoms with Crippen molar-refractivity contribution in [2.24, 2.45) is 0 Å². The molecule has 3 amide bonds. The van der Waals surface area contributed by atoms with E-state index in [0.29, 0.717) is 81.2 Å². The van der Waals surface area contributed by atoms with E-state index in [1.165, 1.54) is 77.5 Å². The fourth-order valence-electron chi connectivity index (χ4n) is 10.3. The van der Waals surface area contributed by atoms with Gasteiger partial charge in [-0.25, -0.2) is 38.4 Å². The number of terminal acetylenes is 2. The number of methoxy groups -OCH3 is 5. The SMILES string of the molecule is BrCc1ccccc1.C#CCBr.C#CCNC(=O)OC(C)(C)C.COC(=O)c1cc(O)c(CCCNC(=O)OC(C)(C)C)c(O)c1.COC(=O)c1cc(O)c(I)c(O)c1.COC(=O)c1cc(O)cc(O)c1.COC(=O)c1cc(OCc2ccccc2)c(C#CCNC(=O)OC(C)(C)C)c(OCc2ccccc2)c1.COC(=O)c1cc(OCc2ccccc2)c(I)c(OCc2ccccc2)c1. The number of carbonyl (C=O) groups excluding carboxylic acids is 8. The molecule has 33 heteroatoms. The summed E-state index contributed by atoms with van der Waals surface area (Å²) in [6.45, 7) is 17.9. The summed E-state index contributed by atoms with van der Waals surface area (Å²) < 4.78 is 63.6. The van der Waals surface area contributed by atoms with Crippen LogP contribution >= 0.6 is 77.0 Å². The summed E-state index contributed by atoms with van der Waals surface area (Å²) in [4.78, 5) is 91.9. The maximum Gasteiger partial charge on any atom is 0.408 e. The highest BCUT2D eigenvalue weighted by Gasteiger charge is 2.23. The van der Waals surface area contributed by atoms with Gasteiger partial charge in [0, 0.05) is 23.5 Å². The summed E-state index contributed by atoms with van der Waals surface area (Å²) in [7, 11) is 6.34. The van der Waals surface area contributed by atoms with Gasteiger partial charge in [0.05, 0.1) is 88.9 Å². The van der Waals surface area contributed by atoms with Crippen molar-refractivity contribution in [3.05, 3.63) is 292 Å². The normalized spacial score (nSPS) is 10.1. The van der Waals surface area contributed by atoms with Gasteiger partial charge in [0.25, 0.3) is 0 Å². The number of aromatic hydroxyl groups is 6. The average Bonchev–Trinajstić information content (AvgIpc) is 0.809. The minimum Gasteiger partial charge on any atom is -0.508 e. The first-order valence-electron chi connectivity index (χ1n) is 40.9. The lowest BCUT2D eigenvalue weighted by molar-refractivity contribution is 0.0517. The summed E-state index contributed by atoms with van der Waals surface area (Å²) >= 11 is 10.3. The molecule has 0 fully saturated rings. The van der Waals surface area contributed by atoms with E-state index >= 15 is 0 Å². The molecular formula is C102H111Br2I2N3O26. The monoisotopic (exact) mass is 2210 g/mol. The number of amides is 3. The molecule has 0 spiro atoms. The van der Waals surface area contributed by atoms with E-state index < -0.39 is 64.9 Å². The summed E-state index contributed by atoms with van der Waals surface area (Å²) in [6, 6.07) is 64.3. The Morgan fingerprint density at radius 1 is 0.363 bits per heavy atom. The number of nitrogens with one attached hydrogen (secondary N) is 3. The van der Waals surface area contributed by atoms with Crippen LogP contribution in [0.3, 0.4) is 0 Å². The third kappa shape index (κ3) is 47.6. The van der Waals surface area contributed by atoms with Gasteiger partial charge in [0.15, 0.2) is 0 Å². The molecule has 0 radical (unpaired) electrons. The second kappa shape index (κ2) is 62.0. The highest BCUT2D eigenvalue weighted by molar-refractivity contribution is 14.1. The number of rotatable bonds is 24. The van der Waals surface area contributed by atoms with E-state index in [1.807, 2.05) is 140 Å². The molecule has 10 aromatic rings. The van der Waals surface area contributed by atoms with Crippen LogP contribution < -0.4 is 34.9 Å². The number of hydrogen-bond donors (Lipinski definition) is 9. The minimum atomic E-state index is -0.645. The maximum atomic E-state index is 12.4. The number of esters is 5. The molecule has 0 aliphatic carbocycles. The third-order valence-electron chi connectivity index (χ3n) is 16.3. The average molecular weight is 2210 g/mol. The van der Waals surface area contributed by atoms with Gasteiger partial charge in [-0.15, -0.1) is 12.8 Å². The van der Waals surface area contributed by atoms with Gasteiger partial charge in [0.2, 0.25) is 0 Å². The predicted molar refractivity (Wildman–Crippen MR) is 536 cm³/mol. The van der Waals surface area contributed by atoms with Crippen molar-refractivity contribution in [2.45, 2.75) is 124 Å². The Kier molecular flexibility index (Phi) is 53.1. The Morgan fingerprint density at radius 2 is 0.644 bits per heavy atom. The zero-order valence-corrected chi connectivity index (χ0v) is 84.6. The highest BCUT2D eigenvalue weighted by atomic mass is 127. The molecule has 0 saturated heterocycles. The lowest BCUT2D eigenvalue weighted by atomic mass is 10.0. The van der Waals surface area contributed by atoms with Crippen LogP contribution in [-0.2, 0) is 76.1 Å². The lowest BCUT2D eigenvalue weighted by Crippen LogP contribution is -2.33. The second-order valence-corrected chi connectivity index (χ2v) is 33.7. The Morgan fingerprint density at radius 3 is 0.941 bits per heavy atom. The fraction of sp³-hybridized carbons (Fsp3) is 0.275. The summed E-state index contributed by atoms with van der Waals surface area (Å²) in [6.07, 6.45) is 8.90. The molecule has 0 bridgehead atoms. The lowest BCUT2D eigenvalue weighted by Gasteiger charge is -2.19. The van der Waals surface area contributed by atoms with Gasteiger partial charge >= 0.3 is 48.1 Å². The van der Waals surface area contributed by atoms with Gasteiger partial charge in [-0.05, 0) is 209 Å². The first kappa shape index (κ1) is 116.